The fourth-order valence-corrected chi connectivity index (χ4v) is 4.52. The van der Waals surface area contributed by atoms with Crippen LogP contribution in [0, 0.1) is 0 Å². The predicted octanol–water partition coefficient (Wildman–Crippen LogP) is 4.04. The van der Waals surface area contributed by atoms with Crippen LogP contribution in [0.3, 0.4) is 0 Å². The average molecular weight is 328 g/mol. The number of amides is 1. The van der Waals surface area contributed by atoms with Gasteiger partial charge in [-0.2, -0.15) is 0 Å². The van der Waals surface area contributed by atoms with Gasteiger partial charge in [-0.3, -0.25) is 9.59 Å². The SMILES string of the molecule is O=C1NC(Cc2cccc3c2ccn3C2CCCCC2)C(=O)S1. The van der Waals surface area contributed by atoms with Gasteiger partial charge in [0.1, 0.15) is 6.04 Å². The average Bonchev–Trinajstić information content (AvgIpc) is 3.12. The third kappa shape index (κ3) is 2.78. The maximum absolute atomic E-state index is 11.9. The number of nitrogens with one attached hydrogen (secondary N) is 1. The molecule has 2 aromatic rings. The highest BCUT2D eigenvalue weighted by atomic mass is 32.2. The summed E-state index contributed by atoms with van der Waals surface area (Å²) in [4.78, 5) is 23.2. The van der Waals surface area contributed by atoms with E-state index in [1.165, 1.54) is 43.0 Å². The zero-order valence-electron chi connectivity index (χ0n) is 13.0. The Morgan fingerprint density at radius 3 is 2.70 bits per heavy atom. The second kappa shape index (κ2) is 6.04. The molecular weight excluding hydrogens is 308 g/mol. The quantitative estimate of drug-likeness (QED) is 0.925. The Morgan fingerprint density at radius 1 is 1.13 bits per heavy atom. The van der Waals surface area contributed by atoms with Crippen LogP contribution < -0.4 is 5.32 Å². The minimum absolute atomic E-state index is 0.0706. The van der Waals surface area contributed by atoms with E-state index < -0.39 is 6.04 Å². The van der Waals surface area contributed by atoms with E-state index >= 15 is 0 Å². The van der Waals surface area contributed by atoms with E-state index in [0.29, 0.717) is 12.5 Å². The minimum atomic E-state index is -0.392. The number of hydrogen-bond acceptors (Lipinski definition) is 3. The van der Waals surface area contributed by atoms with Crippen LogP contribution in [0.25, 0.3) is 10.9 Å². The second-order valence-electron chi connectivity index (χ2n) is 6.47. The molecule has 1 unspecified atom stereocenters. The molecule has 1 aromatic carbocycles. The standard InChI is InChI=1S/C18H20N2O2S/c21-17-15(19-18(22)23-17)11-12-5-4-8-16-14(12)9-10-20(16)13-6-2-1-3-7-13/h4-5,8-10,13,15H,1-3,6-7,11H2,(H,19,22). The predicted molar refractivity (Wildman–Crippen MR) is 92.7 cm³/mol. The van der Waals surface area contributed by atoms with Crippen LogP contribution in [0.1, 0.15) is 43.7 Å². The fourth-order valence-electron chi connectivity index (χ4n) is 3.86. The maximum atomic E-state index is 11.9. The summed E-state index contributed by atoms with van der Waals surface area (Å²) in [5.41, 5.74) is 2.39. The number of thioether (sulfide) groups is 1. The summed E-state index contributed by atoms with van der Waals surface area (Å²) in [6.45, 7) is 0. The molecule has 120 valence electrons. The molecule has 23 heavy (non-hydrogen) atoms. The molecule has 0 radical (unpaired) electrons. The van der Waals surface area contributed by atoms with Crippen LogP contribution in [0.5, 0.6) is 0 Å². The van der Waals surface area contributed by atoms with Gasteiger partial charge in [-0.1, -0.05) is 31.4 Å². The first-order chi connectivity index (χ1) is 11.2. The van der Waals surface area contributed by atoms with Crippen LogP contribution in [0.4, 0.5) is 4.79 Å². The molecule has 1 aromatic heterocycles. The van der Waals surface area contributed by atoms with Crippen LogP contribution in [-0.4, -0.2) is 21.0 Å². The molecule has 2 fully saturated rings. The van der Waals surface area contributed by atoms with E-state index in [0.717, 1.165) is 17.3 Å². The molecule has 2 heterocycles. The Labute approximate surface area is 139 Å². The van der Waals surface area contributed by atoms with Crippen molar-refractivity contribution in [3.8, 4) is 0 Å². The normalized spacial score (nSPS) is 22.7. The molecule has 0 bridgehead atoms. The first kappa shape index (κ1) is 14.8. The number of benzene rings is 1. The summed E-state index contributed by atoms with van der Waals surface area (Å²) in [6.07, 6.45) is 9.23. The Kier molecular flexibility index (Phi) is 3.89. The number of aromatic nitrogens is 1. The van der Waals surface area contributed by atoms with Gasteiger partial charge in [0, 0.05) is 41.3 Å². The Morgan fingerprint density at radius 2 is 1.96 bits per heavy atom. The van der Waals surface area contributed by atoms with Gasteiger partial charge >= 0.3 is 0 Å². The number of fused-ring (bicyclic) bond motifs is 1. The smallest absolute Gasteiger partial charge is 0.287 e. The van der Waals surface area contributed by atoms with Crippen molar-refractivity contribution < 1.29 is 9.59 Å². The van der Waals surface area contributed by atoms with Crippen molar-refractivity contribution in [3.63, 3.8) is 0 Å². The number of carbonyl (C=O) groups is 2. The van der Waals surface area contributed by atoms with Gasteiger partial charge in [0.15, 0.2) is 0 Å². The summed E-state index contributed by atoms with van der Waals surface area (Å²) in [6, 6.07) is 8.66. The molecule has 1 saturated carbocycles. The van der Waals surface area contributed by atoms with E-state index in [1.807, 2.05) is 0 Å². The molecule has 1 aliphatic carbocycles. The third-order valence-corrected chi connectivity index (χ3v) is 5.80. The molecule has 1 aliphatic heterocycles. The van der Waals surface area contributed by atoms with Crippen molar-refractivity contribution in [3.05, 3.63) is 36.0 Å². The summed E-state index contributed by atoms with van der Waals surface area (Å²) >= 11 is 0.787. The van der Waals surface area contributed by atoms with Crippen LogP contribution in [0.15, 0.2) is 30.5 Å². The van der Waals surface area contributed by atoms with Crippen molar-refractivity contribution in [2.24, 2.45) is 0 Å². The molecular formula is C18H20N2O2S. The van der Waals surface area contributed by atoms with Gasteiger partial charge in [0.25, 0.3) is 5.24 Å². The molecule has 1 amide bonds. The lowest BCUT2D eigenvalue weighted by molar-refractivity contribution is -0.112. The van der Waals surface area contributed by atoms with E-state index in [-0.39, 0.29) is 10.4 Å². The molecule has 4 rings (SSSR count). The lowest BCUT2D eigenvalue weighted by Crippen LogP contribution is -2.30. The van der Waals surface area contributed by atoms with Gasteiger partial charge in [0.05, 0.1) is 0 Å². The molecule has 1 saturated heterocycles. The van der Waals surface area contributed by atoms with Gasteiger partial charge in [-0.05, 0) is 30.5 Å². The highest BCUT2D eigenvalue weighted by molar-refractivity contribution is 8.26. The summed E-state index contributed by atoms with van der Waals surface area (Å²) in [7, 11) is 0. The third-order valence-electron chi connectivity index (χ3n) is 5.02. The lowest BCUT2D eigenvalue weighted by atomic mass is 9.95. The van der Waals surface area contributed by atoms with Gasteiger partial charge in [-0.25, -0.2) is 0 Å². The van der Waals surface area contributed by atoms with Crippen LogP contribution in [-0.2, 0) is 11.2 Å². The summed E-state index contributed by atoms with van der Waals surface area (Å²) < 4.78 is 2.40. The van der Waals surface area contributed by atoms with E-state index in [1.54, 1.807) is 0 Å². The lowest BCUT2D eigenvalue weighted by Gasteiger charge is -2.24. The number of nitrogens with zero attached hydrogens (tertiary/aromatic N) is 1. The Bertz CT molecular complexity index is 761. The first-order valence-electron chi connectivity index (χ1n) is 8.33. The van der Waals surface area contributed by atoms with Crippen molar-refractivity contribution in [2.75, 3.05) is 0 Å². The molecule has 2 aliphatic rings. The maximum Gasteiger partial charge on any atom is 0.287 e. The zero-order valence-corrected chi connectivity index (χ0v) is 13.8. The van der Waals surface area contributed by atoms with Crippen molar-refractivity contribution in [1.82, 2.24) is 9.88 Å². The fraction of sp³-hybridized carbons (Fsp3) is 0.444. The van der Waals surface area contributed by atoms with Crippen molar-refractivity contribution in [1.29, 1.82) is 0 Å². The number of carbonyl (C=O) groups excluding carboxylic acids is 2. The van der Waals surface area contributed by atoms with Gasteiger partial charge in [-0.15, -0.1) is 0 Å². The van der Waals surface area contributed by atoms with Crippen LogP contribution >= 0.6 is 11.8 Å². The largest absolute Gasteiger partial charge is 0.344 e. The minimum Gasteiger partial charge on any atom is -0.344 e. The molecule has 4 nitrogen and oxygen atoms in total. The van der Waals surface area contributed by atoms with Gasteiger partial charge < -0.3 is 9.88 Å². The molecule has 1 atom stereocenters. The van der Waals surface area contributed by atoms with E-state index in [2.05, 4.69) is 40.3 Å². The van der Waals surface area contributed by atoms with Crippen molar-refractivity contribution in [2.45, 2.75) is 50.6 Å². The Hall–Kier alpha value is -1.75. The number of hydrogen-bond donors (Lipinski definition) is 1. The summed E-state index contributed by atoms with van der Waals surface area (Å²) in [5.74, 6) is 0. The van der Waals surface area contributed by atoms with E-state index in [4.69, 9.17) is 0 Å². The van der Waals surface area contributed by atoms with E-state index in [9.17, 15) is 9.59 Å². The Balaban J connectivity index is 1.65. The summed E-state index contributed by atoms with van der Waals surface area (Å²) in [5, 5.41) is 3.66. The van der Waals surface area contributed by atoms with Crippen molar-refractivity contribution >= 4 is 33.0 Å². The monoisotopic (exact) mass is 328 g/mol. The first-order valence-corrected chi connectivity index (χ1v) is 9.14. The highest BCUT2D eigenvalue weighted by Crippen LogP contribution is 2.33. The van der Waals surface area contributed by atoms with Crippen LogP contribution in [0.2, 0.25) is 0 Å². The zero-order chi connectivity index (χ0) is 15.8. The topological polar surface area (TPSA) is 51.1 Å². The molecule has 1 N–H and O–H groups in total. The second-order valence-corrected chi connectivity index (χ2v) is 7.45. The number of rotatable bonds is 3. The highest BCUT2D eigenvalue weighted by Gasteiger charge is 2.31. The van der Waals surface area contributed by atoms with Gasteiger partial charge in [0.2, 0.25) is 5.12 Å². The molecule has 0 spiro atoms. The molecule has 5 heteroatoms.